The quantitative estimate of drug-likeness (QED) is 0.190. The van der Waals surface area contributed by atoms with Crippen molar-refractivity contribution < 1.29 is 8.98 Å². The molecule has 3 aliphatic carbocycles. The van der Waals surface area contributed by atoms with Gasteiger partial charge in [0.2, 0.25) is 11.4 Å². The zero-order valence-corrected chi connectivity index (χ0v) is 26.6. The SMILES string of the molecule is Cc1ccc2c(c1)C1c3ccccc3C2c2cc(-c3cc(-c4c(C)ccc5c4oc4nc(C)ccc45)[n+](C)cc3C)cc(C)c21. The van der Waals surface area contributed by atoms with E-state index in [-0.39, 0.29) is 11.8 Å². The highest BCUT2D eigenvalue weighted by Crippen LogP contribution is 2.57. The minimum Gasteiger partial charge on any atom is -0.437 e. The van der Waals surface area contributed by atoms with E-state index in [1.165, 1.54) is 66.8 Å². The zero-order valence-electron chi connectivity index (χ0n) is 26.6. The minimum absolute atomic E-state index is 0.248. The third-order valence-corrected chi connectivity index (χ3v) is 10.4. The molecule has 7 aromatic rings. The summed E-state index contributed by atoms with van der Waals surface area (Å²) in [5.41, 5.74) is 21.3. The standard InChI is InChI=1S/C42H35N2O/c1-22-11-14-30-34(17-22)40-29-10-8-7-9-28(29)39(30)35-19-27(18-24(3)37(35)40)33-20-36(44(6)21-25(33)4)38-23(2)12-15-31-32-16-13-26(5)43-42(32)45-41(31)38/h7-21,39-40H,1-6H3/q+1. The van der Waals surface area contributed by atoms with Gasteiger partial charge in [0, 0.05) is 39.9 Å². The van der Waals surface area contributed by atoms with E-state index in [0.29, 0.717) is 5.71 Å². The van der Waals surface area contributed by atoms with Crippen LogP contribution in [0.25, 0.3) is 44.5 Å². The van der Waals surface area contributed by atoms with Crippen molar-refractivity contribution >= 4 is 22.1 Å². The third-order valence-electron chi connectivity index (χ3n) is 10.4. The second kappa shape index (κ2) is 9.25. The summed E-state index contributed by atoms with van der Waals surface area (Å²) < 4.78 is 8.75. The molecule has 0 radical (unpaired) electrons. The average molecular weight is 584 g/mol. The van der Waals surface area contributed by atoms with Crippen LogP contribution in [0, 0.1) is 34.6 Å². The monoisotopic (exact) mass is 583 g/mol. The number of fused-ring (bicyclic) bond motifs is 3. The Morgan fingerprint density at radius 2 is 1.40 bits per heavy atom. The van der Waals surface area contributed by atoms with Gasteiger partial charge in [-0.3, -0.25) is 0 Å². The van der Waals surface area contributed by atoms with Gasteiger partial charge in [0.05, 0.1) is 5.56 Å². The van der Waals surface area contributed by atoms with Gasteiger partial charge in [-0.05, 0) is 108 Å². The van der Waals surface area contributed by atoms with Gasteiger partial charge in [0.25, 0.3) is 0 Å². The van der Waals surface area contributed by atoms with Crippen LogP contribution < -0.4 is 4.57 Å². The summed E-state index contributed by atoms with van der Waals surface area (Å²) in [7, 11) is 2.14. The van der Waals surface area contributed by atoms with Gasteiger partial charge < -0.3 is 4.42 Å². The Labute approximate surface area is 263 Å². The van der Waals surface area contributed by atoms with E-state index in [9.17, 15) is 0 Å². The molecule has 2 bridgehead atoms. The first-order valence-corrected chi connectivity index (χ1v) is 15.9. The zero-order chi connectivity index (χ0) is 30.7. The summed E-state index contributed by atoms with van der Waals surface area (Å²) in [5.74, 6) is 0.526. The number of aromatic nitrogens is 2. The lowest BCUT2D eigenvalue weighted by Gasteiger charge is -2.43. The third kappa shape index (κ3) is 3.64. The summed E-state index contributed by atoms with van der Waals surface area (Å²) in [5, 5.41) is 2.16. The molecule has 10 rings (SSSR count). The molecule has 45 heavy (non-hydrogen) atoms. The second-order valence-electron chi connectivity index (χ2n) is 13.3. The van der Waals surface area contributed by atoms with Crippen LogP contribution in [-0.2, 0) is 7.05 Å². The lowest BCUT2D eigenvalue weighted by Crippen LogP contribution is -2.31. The summed E-state index contributed by atoms with van der Waals surface area (Å²) in [6.45, 7) is 10.9. The maximum atomic E-state index is 6.51. The Bertz CT molecular complexity index is 2410. The molecule has 0 fully saturated rings. The molecular formula is C42H35N2O+. The normalized spacial score (nSPS) is 16.2. The minimum atomic E-state index is 0.248. The highest BCUT2D eigenvalue weighted by molar-refractivity contribution is 6.09. The maximum Gasteiger partial charge on any atom is 0.227 e. The van der Waals surface area contributed by atoms with Crippen LogP contribution in [0.4, 0.5) is 0 Å². The van der Waals surface area contributed by atoms with E-state index in [2.05, 4.69) is 130 Å². The molecular weight excluding hydrogens is 548 g/mol. The smallest absolute Gasteiger partial charge is 0.227 e. The van der Waals surface area contributed by atoms with Gasteiger partial charge in [-0.1, -0.05) is 66.2 Å². The molecule has 3 aromatic heterocycles. The van der Waals surface area contributed by atoms with E-state index in [0.717, 1.165) is 33.3 Å². The first-order chi connectivity index (χ1) is 21.8. The van der Waals surface area contributed by atoms with Gasteiger partial charge in [-0.15, -0.1) is 0 Å². The fourth-order valence-electron chi connectivity index (χ4n) is 8.41. The van der Waals surface area contributed by atoms with E-state index >= 15 is 0 Å². The van der Waals surface area contributed by atoms with Gasteiger partial charge >= 0.3 is 0 Å². The fraction of sp³-hybridized carbons (Fsp3) is 0.190. The van der Waals surface area contributed by atoms with Crippen LogP contribution in [0.2, 0.25) is 0 Å². The molecule has 2 unspecified atom stereocenters. The first-order valence-electron chi connectivity index (χ1n) is 15.9. The van der Waals surface area contributed by atoms with Crippen molar-refractivity contribution in [1.29, 1.82) is 0 Å². The second-order valence-corrected chi connectivity index (χ2v) is 13.3. The van der Waals surface area contributed by atoms with Gasteiger partial charge in [0.15, 0.2) is 11.8 Å². The number of hydrogen-bond donors (Lipinski definition) is 0. The highest BCUT2D eigenvalue weighted by Gasteiger charge is 2.42. The van der Waals surface area contributed by atoms with Crippen LogP contribution >= 0.6 is 0 Å². The molecule has 0 aliphatic heterocycles. The van der Waals surface area contributed by atoms with Crippen molar-refractivity contribution in [3.63, 3.8) is 0 Å². The van der Waals surface area contributed by atoms with E-state index < -0.39 is 0 Å². The van der Waals surface area contributed by atoms with Crippen LogP contribution in [0.5, 0.6) is 0 Å². The van der Waals surface area contributed by atoms with Crippen molar-refractivity contribution in [3.05, 3.63) is 152 Å². The molecule has 0 saturated carbocycles. The molecule has 0 spiro atoms. The largest absolute Gasteiger partial charge is 0.437 e. The van der Waals surface area contributed by atoms with Crippen molar-refractivity contribution in [2.24, 2.45) is 7.05 Å². The van der Waals surface area contributed by atoms with E-state index in [1.54, 1.807) is 0 Å². The topological polar surface area (TPSA) is 29.9 Å². The number of aryl methyl sites for hydroxylation is 6. The Balaban J connectivity index is 1.26. The maximum absolute atomic E-state index is 6.51. The van der Waals surface area contributed by atoms with E-state index in [1.807, 2.05) is 6.92 Å². The van der Waals surface area contributed by atoms with Crippen molar-refractivity contribution in [1.82, 2.24) is 4.98 Å². The average Bonchev–Trinajstić information content (AvgIpc) is 3.38. The summed E-state index contributed by atoms with van der Waals surface area (Å²) in [4.78, 5) is 4.71. The van der Waals surface area contributed by atoms with Gasteiger partial charge in [-0.25, -0.2) is 9.55 Å². The lowest BCUT2D eigenvalue weighted by molar-refractivity contribution is -0.660. The number of hydrogen-bond acceptors (Lipinski definition) is 2. The number of benzene rings is 4. The van der Waals surface area contributed by atoms with Crippen molar-refractivity contribution in [2.75, 3.05) is 0 Å². The van der Waals surface area contributed by atoms with Crippen LogP contribution in [0.15, 0.2) is 95.5 Å². The number of nitrogens with zero attached hydrogens (tertiary/aromatic N) is 2. The number of pyridine rings is 2. The van der Waals surface area contributed by atoms with Gasteiger partial charge in [-0.2, -0.15) is 0 Å². The number of rotatable bonds is 2. The Hall–Kier alpha value is -5.02. The molecule has 218 valence electrons. The molecule has 0 N–H and O–H groups in total. The molecule has 3 heterocycles. The molecule has 3 nitrogen and oxygen atoms in total. The first kappa shape index (κ1) is 26.4. The van der Waals surface area contributed by atoms with Gasteiger partial charge in [0.1, 0.15) is 7.05 Å². The Kier molecular flexibility index (Phi) is 5.42. The van der Waals surface area contributed by atoms with Crippen LogP contribution in [-0.4, -0.2) is 4.98 Å². The fourth-order valence-corrected chi connectivity index (χ4v) is 8.41. The lowest BCUT2D eigenvalue weighted by atomic mass is 9.60. The van der Waals surface area contributed by atoms with Crippen LogP contribution in [0.3, 0.4) is 0 Å². The molecule has 2 atom stereocenters. The molecule has 3 aliphatic rings. The Morgan fingerprint density at radius 3 is 2.22 bits per heavy atom. The summed E-state index contributed by atoms with van der Waals surface area (Å²) in [6.07, 6.45) is 2.27. The molecule has 3 heteroatoms. The van der Waals surface area contributed by atoms with Crippen LogP contribution in [0.1, 0.15) is 73.2 Å². The number of furan rings is 1. The highest BCUT2D eigenvalue weighted by atomic mass is 16.3. The van der Waals surface area contributed by atoms with Crippen molar-refractivity contribution in [3.8, 4) is 22.4 Å². The van der Waals surface area contributed by atoms with E-state index in [4.69, 9.17) is 9.40 Å². The molecule has 0 amide bonds. The molecule has 4 aromatic carbocycles. The predicted octanol–water partition coefficient (Wildman–Crippen LogP) is 9.67. The Morgan fingerprint density at radius 1 is 0.644 bits per heavy atom. The molecule has 0 saturated heterocycles. The summed E-state index contributed by atoms with van der Waals surface area (Å²) in [6, 6.07) is 32.0. The summed E-state index contributed by atoms with van der Waals surface area (Å²) >= 11 is 0. The predicted molar refractivity (Wildman–Crippen MR) is 182 cm³/mol. The van der Waals surface area contributed by atoms with Crippen molar-refractivity contribution in [2.45, 2.75) is 46.5 Å².